The van der Waals surface area contributed by atoms with Gasteiger partial charge in [0.1, 0.15) is 11.4 Å². The molecule has 0 bridgehead atoms. The van der Waals surface area contributed by atoms with Gasteiger partial charge in [-0.05, 0) is 49.2 Å². The van der Waals surface area contributed by atoms with Crippen molar-refractivity contribution in [2.75, 3.05) is 25.5 Å². The quantitative estimate of drug-likeness (QED) is 0.351. The van der Waals surface area contributed by atoms with Crippen LogP contribution in [-0.4, -0.2) is 41.7 Å². The number of Topliss-reactive ketones (excluding diaryl/α,β-unsaturated/α-hetero) is 2. The molecule has 0 atom stereocenters. The Hall–Kier alpha value is -2.64. The molecule has 0 aliphatic rings. The van der Waals surface area contributed by atoms with Gasteiger partial charge < -0.3 is 10.6 Å². The smallest absolute Gasteiger partial charge is 0.183 e. The maximum Gasteiger partial charge on any atom is 0.183 e. The van der Waals surface area contributed by atoms with Crippen LogP contribution >= 0.6 is 11.3 Å². The fourth-order valence-corrected chi connectivity index (χ4v) is 4.06. The van der Waals surface area contributed by atoms with Crippen molar-refractivity contribution < 1.29 is 9.59 Å². The second-order valence-corrected chi connectivity index (χ2v) is 8.73. The molecule has 0 saturated heterocycles. The maximum atomic E-state index is 12.6. The molecule has 30 heavy (non-hydrogen) atoms. The Morgan fingerprint density at radius 2 is 1.80 bits per heavy atom. The lowest BCUT2D eigenvalue weighted by atomic mass is 10.0. The number of carbonyl (C=O) groups excluding carboxylic acids is 2. The minimum atomic E-state index is -0.0481. The van der Waals surface area contributed by atoms with Gasteiger partial charge in [-0.25, -0.2) is 9.97 Å². The summed E-state index contributed by atoms with van der Waals surface area (Å²) in [6, 6.07) is 11.2. The number of benzene rings is 1. The summed E-state index contributed by atoms with van der Waals surface area (Å²) in [6.45, 7) is 5.69. The molecule has 0 unspecified atom stereocenters. The number of carbonyl (C=O) groups is 2. The number of likely N-dealkylation sites (N-methyl/N-ethyl adjacent to an activating group) is 1. The van der Waals surface area contributed by atoms with Crippen LogP contribution in [0, 0.1) is 5.92 Å². The first-order valence-corrected chi connectivity index (χ1v) is 11.1. The number of pyridine rings is 1. The average molecular weight is 425 g/mol. The fourth-order valence-electron chi connectivity index (χ4n) is 3.10. The summed E-state index contributed by atoms with van der Waals surface area (Å²) in [5, 5.41) is 7.31. The minimum absolute atomic E-state index is 0.0190. The number of nitrogens with zero attached hydrogens (tertiary/aromatic N) is 2. The summed E-state index contributed by atoms with van der Waals surface area (Å²) >= 11 is 1.62. The highest BCUT2D eigenvalue weighted by Gasteiger charge is 2.14. The molecular weight excluding hydrogens is 396 g/mol. The van der Waals surface area contributed by atoms with Gasteiger partial charge in [0.15, 0.2) is 16.7 Å². The van der Waals surface area contributed by atoms with Gasteiger partial charge in [-0.1, -0.05) is 37.3 Å². The van der Waals surface area contributed by atoms with Gasteiger partial charge in [-0.3, -0.25) is 9.59 Å². The van der Waals surface area contributed by atoms with Gasteiger partial charge in [0, 0.05) is 25.9 Å². The molecule has 7 heteroatoms. The van der Waals surface area contributed by atoms with Crippen molar-refractivity contribution in [3.05, 3.63) is 53.3 Å². The summed E-state index contributed by atoms with van der Waals surface area (Å²) in [5.74, 6) is 0.196. The first kappa shape index (κ1) is 22.1. The van der Waals surface area contributed by atoms with Crippen molar-refractivity contribution >= 4 is 38.3 Å². The normalized spacial score (nSPS) is 11.2. The number of aromatic nitrogens is 2. The van der Waals surface area contributed by atoms with Crippen LogP contribution in [0.1, 0.15) is 53.2 Å². The predicted molar refractivity (Wildman–Crippen MR) is 123 cm³/mol. The molecule has 0 amide bonds. The number of hydrogen-bond acceptors (Lipinski definition) is 7. The number of thiazole rings is 1. The SMILES string of the molecule is CNCCNc1nc2ccc(CCC(=O)c3cccc(C(=O)CC(C)C)n3)cc2s1. The van der Waals surface area contributed by atoms with Crippen molar-refractivity contribution in [3.8, 4) is 0 Å². The van der Waals surface area contributed by atoms with Crippen LogP contribution in [0.4, 0.5) is 5.13 Å². The van der Waals surface area contributed by atoms with E-state index in [-0.39, 0.29) is 17.5 Å². The summed E-state index contributed by atoms with van der Waals surface area (Å²) in [6.07, 6.45) is 1.42. The van der Waals surface area contributed by atoms with Gasteiger partial charge in [-0.2, -0.15) is 0 Å². The lowest BCUT2D eigenvalue weighted by molar-refractivity contribution is 0.0962. The number of aryl methyl sites for hydroxylation is 1. The first-order valence-electron chi connectivity index (χ1n) is 10.3. The first-order chi connectivity index (χ1) is 14.5. The van der Waals surface area contributed by atoms with Crippen LogP contribution in [-0.2, 0) is 6.42 Å². The standard InChI is InChI=1S/C23H28N4O2S/c1-15(2)13-21(29)18-6-4-5-17(26-18)20(28)10-8-16-7-9-19-22(14-16)30-23(27-19)25-12-11-24-3/h4-7,9,14-15,24H,8,10-13H2,1-3H3,(H,25,27). The molecule has 158 valence electrons. The van der Waals surface area contributed by atoms with E-state index in [1.165, 1.54) is 0 Å². The molecule has 3 aromatic rings. The minimum Gasteiger partial charge on any atom is -0.360 e. The van der Waals surface area contributed by atoms with Gasteiger partial charge >= 0.3 is 0 Å². The molecule has 6 nitrogen and oxygen atoms in total. The van der Waals surface area contributed by atoms with E-state index in [0.717, 1.165) is 34.0 Å². The van der Waals surface area contributed by atoms with Crippen molar-refractivity contribution in [3.63, 3.8) is 0 Å². The molecule has 0 radical (unpaired) electrons. The zero-order valence-electron chi connectivity index (χ0n) is 17.7. The molecule has 1 aromatic carbocycles. The zero-order chi connectivity index (χ0) is 21.5. The van der Waals surface area contributed by atoms with Gasteiger partial charge in [0.25, 0.3) is 0 Å². The molecule has 0 fully saturated rings. The fraction of sp³-hybridized carbons (Fsp3) is 0.391. The molecule has 0 saturated carbocycles. The Kier molecular flexibility index (Phi) is 7.65. The topological polar surface area (TPSA) is 84.0 Å². The third-order valence-corrected chi connectivity index (χ3v) is 5.63. The van der Waals surface area contributed by atoms with Crippen molar-refractivity contribution in [2.45, 2.75) is 33.1 Å². The Balaban J connectivity index is 1.62. The summed E-state index contributed by atoms with van der Waals surface area (Å²) in [5.41, 5.74) is 2.78. The lowest BCUT2D eigenvalue weighted by Gasteiger charge is -2.06. The molecular formula is C23H28N4O2S. The highest BCUT2D eigenvalue weighted by atomic mass is 32.1. The third-order valence-electron chi connectivity index (χ3n) is 4.66. The van der Waals surface area contributed by atoms with Crippen LogP contribution in [0.5, 0.6) is 0 Å². The summed E-state index contributed by atoms with van der Waals surface area (Å²) in [7, 11) is 1.92. The molecule has 2 N–H and O–H groups in total. The van der Waals surface area contributed by atoms with Crippen LogP contribution in [0.2, 0.25) is 0 Å². The third kappa shape index (κ3) is 5.93. The average Bonchev–Trinajstić information content (AvgIpc) is 3.13. The number of rotatable bonds is 11. The molecule has 3 rings (SSSR count). The number of ketones is 2. The summed E-state index contributed by atoms with van der Waals surface area (Å²) < 4.78 is 1.10. The highest BCUT2D eigenvalue weighted by Crippen LogP contribution is 2.27. The van der Waals surface area contributed by atoms with E-state index in [9.17, 15) is 9.59 Å². The monoisotopic (exact) mass is 424 g/mol. The van der Waals surface area contributed by atoms with Crippen LogP contribution in [0.3, 0.4) is 0 Å². The Labute approximate surface area is 181 Å². The van der Waals surface area contributed by atoms with E-state index in [4.69, 9.17) is 0 Å². The Morgan fingerprint density at radius 1 is 1.03 bits per heavy atom. The van der Waals surface area contributed by atoms with E-state index in [2.05, 4.69) is 26.7 Å². The Morgan fingerprint density at radius 3 is 2.53 bits per heavy atom. The van der Waals surface area contributed by atoms with Crippen LogP contribution in [0.15, 0.2) is 36.4 Å². The molecule has 0 aliphatic carbocycles. The largest absolute Gasteiger partial charge is 0.360 e. The lowest BCUT2D eigenvalue weighted by Crippen LogP contribution is -2.17. The second kappa shape index (κ2) is 10.4. The van der Waals surface area contributed by atoms with Crippen molar-refractivity contribution in [1.29, 1.82) is 0 Å². The predicted octanol–water partition coefficient (Wildman–Crippen LogP) is 4.37. The van der Waals surface area contributed by atoms with E-state index in [0.29, 0.717) is 30.7 Å². The van der Waals surface area contributed by atoms with E-state index < -0.39 is 0 Å². The van der Waals surface area contributed by atoms with Crippen LogP contribution < -0.4 is 10.6 Å². The number of fused-ring (bicyclic) bond motifs is 1. The second-order valence-electron chi connectivity index (χ2n) is 7.70. The summed E-state index contributed by atoms with van der Waals surface area (Å²) in [4.78, 5) is 33.8. The molecule has 0 spiro atoms. The van der Waals surface area contributed by atoms with Crippen molar-refractivity contribution in [1.82, 2.24) is 15.3 Å². The zero-order valence-corrected chi connectivity index (χ0v) is 18.5. The number of hydrogen-bond donors (Lipinski definition) is 2. The molecule has 0 aliphatic heterocycles. The Bertz CT molecular complexity index is 1030. The van der Waals surface area contributed by atoms with E-state index in [1.54, 1.807) is 29.5 Å². The van der Waals surface area contributed by atoms with E-state index >= 15 is 0 Å². The van der Waals surface area contributed by atoms with Gasteiger partial charge in [0.2, 0.25) is 0 Å². The molecule has 2 heterocycles. The van der Waals surface area contributed by atoms with Gasteiger partial charge in [0.05, 0.1) is 10.2 Å². The van der Waals surface area contributed by atoms with Gasteiger partial charge in [-0.15, -0.1) is 0 Å². The van der Waals surface area contributed by atoms with Crippen molar-refractivity contribution in [2.24, 2.45) is 5.92 Å². The molecule has 2 aromatic heterocycles. The number of anilines is 1. The van der Waals surface area contributed by atoms with Crippen LogP contribution in [0.25, 0.3) is 10.2 Å². The van der Waals surface area contributed by atoms with E-state index in [1.807, 2.05) is 33.0 Å². The maximum absolute atomic E-state index is 12.6. The number of nitrogens with one attached hydrogen (secondary N) is 2. The highest BCUT2D eigenvalue weighted by molar-refractivity contribution is 7.22.